The lowest BCUT2D eigenvalue weighted by Crippen LogP contribution is -2.15. The van der Waals surface area contributed by atoms with Crippen LogP contribution in [0.1, 0.15) is 64.2 Å². The molecule has 0 radical (unpaired) electrons. The van der Waals surface area contributed by atoms with Gasteiger partial charge in [0, 0.05) is 29.7 Å². The average Bonchev–Trinajstić information content (AvgIpc) is 2.99. The van der Waals surface area contributed by atoms with Gasteiger partial charge in [-0.3, -0.25) is 4.79 Å². The summed E-state index contributed by atoms with van der Waals surface area (Å²) in [4.78, 5) is 28.5. The molecular formula is C22H25ClN2O3. The standard InChI is InChI=1S/C22H25ClN2O3/c1-15-12-19(16(2)25(15)11-10-17-6-4-3-5-7-17)20(26)14-28-22(27)18-8-9-21(23)24-13-18/h6,8-9,12-13H,3-5,7,10-11,14H2,1-2H3. The number of halogens is 1. The number of rotatable bonds is 7. The summed E-state index contributed by atoms with van der Waals surface area (Å²) in [5.41, 5.74) is 4.35. The predicted molar refractivity (Wildman–Crippen MR) is 109 cm³/mol. The zero-order valence-corrected chi connectivity index (χ0v) is 17.1. The van der Waals surface area contributed by atoms with Crippen molar-refractivity contribution in [3.05, 3.63) is 63.7 Å². The molecule has 0 unspecified atom stereocenters. The van der Waals surface area contributed by atoms with Crippen molar-refractivity contribution >= 4 is 23.4 Å². The molecule has 2 aromatic rings. The molecule has 3 rings (SSSR count). The Hall–Kier alpha value is -2.40. The molecule has 2 heterocycles. The first kappa shape index (κ1) is 20.3. The summed E-state index contributed by atoms with van der Waals surface area (Å²) in [6.07, 6.45) is 9.62. The zero-order valence-electron chi connectivity index (χ0n) is 16.3. The van der Waals surface area contributed by atoms with Crippen LogP contribution in [0.15, 0.2) is 36.0 Å². The lowest BCUT2D eigenvalue weighted by molar-refractivity contribution is 0.0474. The summed E-state index contributed by atoms with van der Waals surface area (Å²) in [5, 5.41) is 0.295. The molecule has 2 aromatic heterocycles. The second-order valence-corrected chi connectivity index (χ2v) is 7.55. The fraction of sp³-hybridized carbons (Fsp3) is 0.409. The molecule has 0 aromatic carbocycles. The number of carbonyl (C=O) groups excluding carboxylic acids is 2. The second-order valence-electron chi connectivity index (χ2n) is 7.16. The number of allylic oxidation sites excluding steroid dienone is 2. The summed E-state index contributed by atoms with van der Waals surface area (Å²) in [7, 11) is 0. The SMILES string of the molecule is Cc1cc(C(=O)COC(=O)c2ccc(Cl)nc2)c(C)n1CCC1=CCCCC1. The number of pyridine rings is 1. The van der Waals surface area contributed by atoms with Gasteiger partial charge >= 0.3 is 5.97 Å². The van der Waals surface area contributed by atoms with Gasteiger partial charge in [-0.2, -0.15) is 0 Å². The van der Waals surface area contributed by atoms with Gasteiger partial charge in [-0.25, -0.2) is 9.78 Å². The highest BCUT2D eigenvalue weighted by Crippen LogP contribution is 2.23. The third kappa shape index (κ3) is 4.90. The van der Waals surface area contributed by atoms with Crippen molar-refractivity contribution in [1.82, 2.24) is 9.55 Å². The van der Waals surface area contributed by atoms with Crippen molar-refractivity contribution in [3.8, 4) is 0 Å². The Labute approximate surface area is 170 Å². The summed E-state index contributed by atoms with van der Waals surface area (Å²) >= 11 is 5.71. The Morgan fingerprint density at radius 1 is 1.25 bits per heavy atom. The van der Waals surface area contributed by atoms with Gasteiger partial charge in [-0.1, -0.05) is 23.3 Å². The van der Waals surface area contributed by atoms with Crippen molar-refractivity contribution in [1.29, 1.82) is 0 Å². The van der Waals surface area contributed by atoms with Gasteiger partial charge in [-0.05, 0) is 64.2 Å². The molecule has 0 aliphatic heterocycles. The van der Waals surface area contributed by atoms with E-state index in [0.717, 1.165) is 24.4 Å². The van der Waals surface area contributed by atoms with E-state index >= 15 is 0 Å². The van der Waals surface area contributed by atoms with E-state index in [2.05, 4.69) is 15.6 Å². The van der Waals surface area contributed by atoms with Crippen LogP contribution < -0.4 is 0 Å². The Balaban J connectivity index is 1.61. The quantitative estimate of drug-likeness (QED) is 0.281. The maximum Gasteiger partial charge on any atom is 0.340 e. The Morgan fingerprint density at radius 3 is 2.75 bits per heavy atom. The fourth-order valence-electron chi connectivity index (χ4n) is 3.60. The van der Waals surface area contributed by atoms with E-state index in [9.17, 15) is 9.59 Å². The van der Waals surface area contributed by atoms with Crippen molar-refractivity contribution < 1.29 is 14.3 Å². The van der Waals surface area contributed by atoms with Crippen molar-refractivity contribution in [2.24, 2.45) is 0 Å². The smallest absolute Gasteiger partial charge is 0.340 e. The zero-order chi connectivity index (χ0) is 20.1. The number of Topliss-reactive ketones (excluding diaryl/α,β-unsaturated/α-hetero) is 1. The lowest BCUT2D eigenvalue weighted by atomic mass is 9.97. The van der Waals surface area contributed by atoms with Crippen molar-refractivity contribution in [2.75, 3.05) is 6.61 Å². The maximum atomic E-state index is 12.6. The van der Waals surface area contributed by atoms with Gasteiger partial charge in [0.1, 0.15) is 5.15 Å². The van der Waals surface area contributed by atoms with Crippen LogP contribution in [0.4, 0.5) is 0 Å². The minimum absolute atomic E-state index is 0.202. The fourth-order valence-corrected chi connectivity index (χ4v) is 3.72. The van der Waals surface area contributed by atoms with Crippen LogP contribution in [0, 0.1) is 13.8 Å². The van der Waals surface area contributed by atoms with E-state index in [1.165, 1.54) is 49.6 Å². The molecule has 1 aliphatic carbocycles. The van der Waals surface area contributed by atoms with Gasteiger partial charge in [0.05, 0.1) is 5.56 Å². The summed E-state index contributed by atoms with van der Waals surface area (Å²) in [6, 6.07) is 4.91. The van der Waals surface area contributed by atoms with Crippen LogP contribution in [0.25, 0.3) is 0 Å². The summed E-state index contributed by atoms with van der Waals surface area (Å²) in [5.74, 6) is -0.790. The van der Waals surface area contributed by atoms with Crippen molar-refractivity contribution in [3.63, 3.8) is 0 Å². The van der Waals surface area contributed by atoms with Gasteiger partial charge in [-0.15, -0.1) is 0 Å². The summed E-state index contributed by atoms with van der Waals surface area (Å²) < 4.78 is 7.33. The van der Waals surface area contributed by atoms with E-state index < -0.39 is 5.97 Å². The number of carbonyl (C=O) groups is 2. The number of nitrogens with zero attached hydrogens (tertiary/aromatic N) is 2. The normalized spacial score (nSPS) is 13.9. The lowest BCUT2D eigenvalue weighted by Gasteiger charge is -2.15. The van der Waals surface area contributed by atoms with E-state index in [0.29, 0.717) is 10.7 Å². The molecule has 148 valence electrons. The van der Waals surface area contributed by atoms with E-state index in [1.54, 1.807) is 0 Å². The predicted octanol–water partition coefficient (Wildman–Crippen LogP) is 5.08. The minimum atomic E-state index is -0.587. The number of aromatic nitrogens is 2. The highest BCUT2D eigenvalue weighted by atomic mass is 35.5. The Kier molecular flexibility index (Phi) is 6.68. The number of aryl methyl sites for hydroxylation is 1. The van der Waals surface area contributed by atoms with Crippen LogP contribution in [-0.2, 0) is 11.3 Å². The van der Waals surface area contributed by atoms with Gasteiger partial charge in [0.2, 0.25) is 5.78 Å². The molecular weight excluding hydrogens is 376 g/mol. The molecule has 0 spiro atoms. The average molecular weight is 401 g/mol. The van der Waals surface area contributed by atoms with Crippen LogP contribution in [-0.4, -0.2) is 27.9 Å². The van der Waals surface area contributed by atoms with E-state index in [-0.39, 0.29) is 18.0 Å². The second kappa shape index (κ2) is 9.20. The minimum Gasteiger partial charge on any atom is -0.454 e. The highest BCUT2D eigenvalue weighted by molar-refractivity contribution is 6.29. The number of hydrogen-bond donors (Lipinski definition) is 0. The van der Waals surface area contributed by atoms with Gasteiger partial charge in [0.25, 0.3) is 0 Å². The molecule has 0 fully saturated rings. The Morgan fingerprint density at radius 2 is 2.07 bits per heavy atom. The number of hydrogen-bond acceptors (Lipinski definition) is 4. The first-order valence-corrected chi connectivity index (χ1v) is 10.00. The molecule has 6 heteroatoms. The van der Waals surface area contributed by atoms with Gasteiger partial charge < -0.3 is 9.30 Å². The molecule has 0 saturated carbocycles. The topological polar surface area (TPSA) is 61.2 Å². The molecule has 28 heavy (non-hydrogen) atoms. The molecule has 5 nitrogen and oxygen atoms in total. The van der Waals surface area contributed by atoms with Crippen molar-refractivity contribution in [2.45, 2.75) is 52.5 Å². The molecule has 0 amide bonds. The van der Waals surface area contributed by atoms with E-state index in [1.807, 2.05) is 19.9 Å². The van der Waals surface area contributed by atoms with E-state index in [4.69, 9.17) is 16.3 Å². The molecule has 0 saturated heterocycles. The van der Waals surface area contributed by atoms with Crippen LogP contribution in [0.5, 0.6) is 0 Å². The van der Waals surface area contributed by atoms with Crippen LogP contribution in [0.2, 0.25) is 5.15 Å². The number of ether oxygens (including phenoxy) is 1. The maximum absolute atomic E-state index is 12.6. The third-order valence-electron chi connectivity index (χ3n) is 5.21. The third-order valence-corrected chi connectivity index (χ3v) is 5.44. The first-order chi connectivity index (χ1) is 13.5. The highest BCUT2D eigenvalue weighted by Gasteiger charge is 2.18. The molecule has 1 aliphatic rings. The number of esters is 1. The van der Waals surface area contributed by atoms with Crippen LogP contribution >= 0.6 is 11.6 Å². The number of ketones is 1. The molecule has 0 N–H and O–H groups in total. The Bertz CT molecular complexity index is 897. The molecule has 0 atom stereocenters. The van der Waals surface area contributed by atoms with Crippen LogP contribution in [0.3, 0.4) is 0 Å². The molecule has 0 bridgehead atoms. The summed E-state index contributed by atoms with van der Waals surface area (Å²) in [6.45, 7) is 4.52. The first-order valence-electron chi connectivity index (χ1n) is 9.62. The largest absolute Gasteiger partial charge is 0.454 e. The van der Waals surface area contributed by atoms with Gasteiger partial charge in [0.15, 0.2) is 6.61 Å². The monoisotopic (exact) mass is 400 g/mol.